The van der Waals surface area contributed by atoms with Crippen LogP contribution in [0.3, 0.4) is 0 Å². The van der Waals surface area contributed by atoms with Crippen molar-refractivity contribution in [1.82, 2.24) is 4.98 Å². The minimum atomic E-state index is -3.32. The van der Waals surface area contributed by atoms with Gasteiger partial charge in [0.2, 0.25) is 0 Å². The molecule has 7 heteroatoms. The Morgan fingerprint density at radius 1 is 1.57 bits per heavy atom. The van der Waals surface area contributed by atoms with E-state index in [9.17, 15) is 8.42 Å². The molecule has 78 valence electrons. The van der Waals surface area contributed by atoms with Gasteiger partial charge >= 0.3 is 0 Å². The van der Waals surface area contributed by atoms with Gasteiger partial charge < -0.3 is 5.43 Å². The number of pyridine rings is 1. The molecule has 0 aliphatic heterocycles. The van der Waals surface area contributed by atoms with Gasteiger partial charge in [-0.3, -0.25) is 0 Å². The van der Waals surface area contributed by atoms with Crippen molar-refractivity contribution in [2.24, 2.45) is 5.84 Å². The SMILES string of the molecule is CCS(=O)(=O)c1ccc(Cl)nc1NN. The fraction of sp³-hybridized carbons (Fsp3) is 0.286. The predicted octanol–water partition coefficient (Wildman–Crippen LogP) is 0.814. The Hall–Kier alpha value is -0.850. The first-order valence-electron chi connectivity index (χ1n) is 3.87. The van der Waals surface area contributed by atoms with Crippen LogP contribution in [0.1, 0.15) is 6.92 Å². The highest BCUT2D eigenvalue weighted by atomic mass is 35.5. The van der Waals surface area contributed by atoms with Crippen LogP contribution in [0.25, 0.3) is 0 Å². The molecule has 0 aliphatic rings. The Morgan fingerprint density at radius 2 is 2.21 bits per heavy atom. The topological polar surface area (TPSA) is 85.1 Å². The normalized spacial score (nSPS) is 11.4. The van der Waals surface area contributed by atoms with E-state index in [4.69, 9.17) is 17.4 Å². The molecular formula is C7H10ClN3O2S. The zero-order valence-electron chi connectivity index (χ0n) is 7.49. The summed E-state index contributed by atoms with van der Waals surface area (Å²) in [6, 6.07) is 2.79. The van der Waals surface area contributed by atoms with Gasteiger partial charge in [-0.15, -0.1) is 0 Å². The number of hydrazine groups is 1. The molecule has 1 aromatic rings. The maximum absolute atomic E-state index is 11.5. The van der Waals surface area contributed by atoms with E-state index >= 15 is 0 Å². The zero-order valence-corrected chi connectivity index (χ0v) is 9.06. The lowest BCUT2D eigenvalue weighted by Crippen LogP contribution is -2.14. The van der Waals surface area contributed by atoms with Gasteiger partial charge in [0.15, 0.2) is 15.7 Å². The van der Waals surface area contributed by atoms with E-state index in [2.05, 4.69) is 10.4 Å². The quantitative estimate of drug-likeness (QED) is 0.460. The van der Waals surface area contributed by atoms with E-state index in [0.29, 0.717) is 0 Å². The molecule has 1 rings (SSSR count). The summed E-state index contributed by atoms with van der Waals surface area (Å²) in [5.74, 6) is 5.20. The van der Waals surface area contributed by atoms with Crippen LogP contribution in [0.2, 0.25) is 5.15 Å². The standard InChI is InChI=1S/C7H10ClN3O2S/c1-2-14(12,13)5-3-4-6(8)10-7(5)11-9/h3-4H,2,9H2,1H3,(H,10,11). The van der Waals surface area contributed by atoms with Crippen molar-refractivity contribution >= 4 is 27.3 Å². The third-order valence-corrected chi connectivity index (χ3v) is 3.65. The lowest BCUT2D eigenvalue weighted by Gasteiger charge is -2.07. The summed E-state index contributed by atoms with van der Waals surface area (Å²) in [6.45, 7) is 1.55. The number of nitrogen functional groups attached to an aromatic ring is 1. The van der Waals surface area contributed by atoms with E-state index in [1.807, 2.05) is 0 Å². The molecule has 1 heterocycles. The van der Waals surface area contributed by atoms with Crippen LogP contribution in [0.5, 0.6) is 0 Å². The molecule has 0 bridgehead atoms. The van der Waals surface area contributed by atoms with Crippen LogP contribution in [0.4, 0.5) is 5.82 Å². The number of aromatic nitrogens is 1. The van der Waals surface area contributed by atoms with Gasteiger partial charge in [0.05, 0.1) is 5.75 Å². The Labute approximate surface area is 87.2 Å². The number of hydrogen-bond donors (Lipinski definition) is 2. The first-order chi connectivity index (χ1) is 6.51. The van der Waals surface area contributed by atoms with Crippen molar-refractivity contribution in [3.63, 3.8) is 0 Å². The summed E-state index contributed by atoms with van der Waals surface area (Å²) < 4.78 is 23.0. The molecule has 5 nitrogen and oxygen atoms in total. The van der Waals surface area contributed by atoms with Crippen LogP contribution in [0.15, 0.2) is 17.0 Å². The minimum absolute atomic E-state index is 0.00894. The smallest absolute Gasteiger partial charge is 0.181 e. The highest BCUT2D eigenvalue weighted by Crippen LogP contribution is 2.21. The van der Waals surface area contributed by atoms with Gasteiger partial charge in [-0.25, -0.2) is 19.2 Å². The van der Waals surface area contributed by atoms with Gasteiger partial charge in [0, 0.05) is 0 Å². The van der Waals surface area contributed by atoms with E-state index in [0.717, 1.165) is 0 Å². The molecule has 0 fully saturated rings. The highest BCUT2D eigenvalue weighted by molar-refractivity contribution is 7.91. The minimum Gasteiger partial charge on any atom is -0.307 e. The van der Waals surface area contributed by atoms with Crippen molar-refractivity contribution < 1.29 is 8.42 Å². The highest BCUT2D eigenvalue weighted by Gasteiger charge is 2.17. The first kappa shape index (κ1) is 11.2. The Balaban J connectivity index is 3.35. The summed E-state index contributed by atoms with van der Waals surface area (Å²) in [5.41, 5.74) is 2.20. The van der Waals surface area contributed by atoms with Gasteiger partial charge in [-0.2, -0.15) is 0 Å². The molecule has 0 atom stereocenters. The van der Waals surface area contributed by atoms with Crippen molar-refractivity contribution in [1.29, 1.82) is 0 Å². The number of nitrogens with zero attached hydrogens (tertiary/aromatic N) is 1. The molecule has 14 heavy (non-hydrogen) atoms. The van der Waals surface area contributed by atoms with Gasteiger partial charge in [0.25, 0.3) is 0 Å². The molecule has 0 amide bonds. The monoisotopic (exact) mass is 235 g/mol. The maximum atomic E-state index is 11.5. The van der Waals surface area contributed by atoms with Gasteiger partial charge in [0.1, 0.15) is 10.0 Å². The van der Waals surface area contributed by atoms with Crippen LogP contribution in [0, 0.1) is 0 Å². The second-order valence-corrected chi connectivity index (χ2v) is 5.16. The van der Waals surface area contributed by atoms with Crippen molar-refractivity contribution in [2.75, 3.05) is 11.2 Å². The summed E-state index contributed by atoms with van der Waals surface area (Å²) in [6.07, 6.45) is 0. The predicted molar refractivity (Wildman–Crippen MR) is 54.8 cm³/mol. The molecule has 0 spiro atoms. The van der Waals surface area contributed by atoms with Crippen LogP contribution >= 0.6 is 11.6 Å². The molecule has 1 aromatic heterocycles. The first-order valence-corrected chi connectivity index (χ1v) is 5.90. The Bertz CT molecular complexity index is 433. The summed E-state index contributed by atoms with van der Waals surface area (Å²) >= 11 is 5.59. The molecule has 0 saturated carbocycles. The fourth-order valence-corrected chi connectivity index (χ4v) is 2.07. The van der Waals surface area contributed by atoms with Crippen molar-refractivity contribution in [3.8, 4) is 0 Å². The number of anilines is 1. The molecule has 3 N–H and O–H groups in total. The van der Waals surface area contributed by atoms with Crippen LogP contribution in [-0.4, -0.2) is 19.2 Å². The van der Waals surface area contributed by atoms with E-state index in [-0.39, 0.29) is 21.6 Å². The van der Waals surface area contributed by atoms with Gasteiger partial charge in [-0.1, -0.05) is 18.5 Å². The Kier molecular flexibility index (Phi) is 3.30. The Morgan fingerprint density at radius 3 is 2.71 bits per heavy atom. The van der Waals surface area contributed by atoms with Gasteiger partial charge in [-0.05, 0) is 12.1 Å². The number of nitrogens with two attached hydrogens (primary N) is 1. The van der Waals surface area contributed by atoms with E-state index in [1.54, 1.807) is 6.92 Å². The average molecular weight is 236 g/mol. The van der Waals surface area contributed by atoms with E-state index < -0.39 is 9.84 Å². The lowest BCUT2D eigenvalue weighted by molar-refractivity contribution is 0.597. The average Bonchev–Trinajstić information content (AvgIpc) is 2.17. The molecule has 0 radical (unpaired) electrons. The maximum Gasteiger partial charge on any atom is 0.181 e. The number of rotatable bonds is 3. The molecule has 0 unspecified atom stereocenters. The lowest BCUT2D eigenvalue weighted by atomic mass is 10.5. The summed E-state index contributed by atoms with van der Waals surface area (Å²) in [5, 5.41) is 0.188. The summed E-state index contributed by atoms with van der Waals surface area (Å²) in [7, 11) is -3.32. The number of sulfone groups is 1. The molecule has 0 aliphatic carbocycles. The van der Waals surface area contributed by atoms with Crippen molar-refractivity contribution in [3.05, 3.63) is 17.3 Å². The van der Waals surface area contributed by atoms with Crippen LogP contribution in [-0.2, 0) is 9.84 Å². The third-order valence-electron chi connectivity index (χ3n) is 1.68. The number of nitrogens with one attached hydrogen (secondary N) is 1. The molecule has 0 aromatic carbocycles. The van der Waals surface area contributed by atoms with Crippen molar-refractivity contribution in [2.45, 2.75) is 11.8 Å². The molecular weight excluding hydrogens is 226 g/mol. The fourth-order valence-electron chi connectivity index (χ4n) is 0.932. The largest absolute Gasteiger partial charge is 0.307 e. The second kappa shape index (κ2) is 4.12. The summed E-state index contributed by atoms with van der Waals surface area (Å²) in [4.78, 5) is 3.82. The zero-order chi connectivity index (χ0) is 10.8. The number of halogens is 1. The number of hydrogen-bond acceptors (Lipinski definition) is 5. The van der Waals surface area contributed by atoms with Crippen LogP contribution < -0.4 is 11.3 Å². The third kappa shape index (κ3) is 2.14. The van der Waals surface area contributed by atoms with E-state index in [1.165, 1.54) is 12.1 Å². The second-order valence-electron chi connectivity index (χ2n) is 2.53. The molecule has 0 saturated heterocycles.